The second-order valence-corrected chi connectivity index (χ2v) is 1.71. The lowest BCUT2D eigenvalue weighted by atomic mass is 10.2. The van der Waals surface area contributed by atoms with E-state index in [1.54, 1.807) is 0 Å². The highest BCUT2D eigenvalue weighted by Gasteiger charge is 1.90. The summed E-state index contributed by atoms with van der Waals surface area (Å²) >= 11 is 0. The second kappa shape index (κ2) is 8.16. The van der Waals surface area contributed by atoms with Gasteiger partial charge in [-0.1, -0.05) is 13.8 Å². The van der Waals surface area contributed by atoms with Crippen LogP contribution in [0.3, 0.4) is 0 Å². The first-order valence-corrected chi connectivity index (χ1v) is 3.05. The van der Waals surface area contributed by atoms with Crippen molar-refractivity contribution in [2.24, 2.45) is 0 Å². The molecular weight excluding hydrogens is 138 g/mol. The standard InChI is InChI=1S/C5H12O.HNO3/c1-3-5(6)4-2;2-1(3)4/h5-6H,3-4H2,1-2H3;(H,2,3,4). The molecule has 0 aromatic carbocycles. The molecule has 0 radical (unpaired) electrons. The van der Waals surface area contributed by atoms with Crippen molar-refractivity contribution in [3.05, 3.63) is 10.1 Å². The van der Waals surface area contributed by atoms with E-state index in [1.807, 2.05) is 13.8 Å². The number of aliphatic hydroxyl groups is 1. The first-order chi connectivity index (χ1) is 4.54. The largest absolute Gasteiger partial charge is 0.393 e. The van der Waals surface area contributed by atoms with Gasteiger partial charge >= 0.3 is 0 Å². The Morgan fingerprint density at radius 1 is 1.50 bits per heavy atom. The molecule has 0 heterocycles. The summed E-state index contributed by atoms with van der Waals surface area (Å²) in [5, 5.41) is 22.3. The molecule has 0 amide bonds. The van der Waals surface area contributed by atoms with Crippen LogP contribution in [0, 0.1) is 10.1 Å². The van der Waals surface area contributed by atoms with Crippen molar-refractivity contribution in [3.63, 3.8) is 0 Å². The smallest absolute Gasteiger partial charge is 0.291 e. The molecule has 0 atom stereocenters. The minimum absolute atomic E-state index is 0.0648. The molecular formula is C5H13NO4. The fourth-order valence-corrected chi connectivity index (χ4v) is 0.289. The molecule has 5 nitrogen and oxygen atoms in total. The van der Waals surface area contributed by atoms with Crippen LogP contribution in [0.15, 0.2) is 0 Å². The Balaban J connectivity index is 0. The summed E-state index contributed by atoms with van der Waals surface area (Å²) < 4.78 is 0. The highest BCUT2D eigenvalue weighted by Crippen LogP contribution is 1.91. The van der Waals surface area contributed by atoms with Gasteiger partial charge in [0.2, 0.25) is 0 Å². The summed E-state index contributed by atoms with van der Waals surface area (Å²) in [5.41, 5.74) is 0. The van der Waals surface area contributed by atoms with Gasteiger partial charge < -0.3 is 10.3 Å². The lowest BCUT2D eigenvalue weighted by molar-refractivity contribution is -0.742. The Bertz CT molecular complexity index is 77.7. The van der Waals surface area contributed by atoms with Gasteiger partial charge in [-0.2, -0.15) is 0 Å². The van der Waals surface area contributed by atoms with Gasteiger partial charge in [0.1, 0.15) is 0 Å². The maximum Gasteiger partial charge on any atom is 0.291 e. The van der Waals surface area contributed by atoms with Crippen LogP contribution in [0.25, 0.3) is 0 Å². The Labute approximate surface area is 59.4 Å². The molecule has 62 valence electrons. The zero-order valence-electron chi connectivity index (χ0n) is 6.15. The van der Waals surface area contributed by atoms with Crippen LogP contribution in [-0.4, -0.2) is 21.5 Å². The average molecular weight is 151 g/mol. The Morgan fingerprint density at radius 3 is 1.70 bits per heavy atom. The number of hydrogen-bond donors (Lipinski definition) is 2. The topological polar surface area (TPSA) is 83.6 Å². The number of hydrogen-bond acceptors (Lipinski definition) is 3. The Kier molecular flexibility index (Phi) is 9.71. The van der Waals surface area contributed by atoms with Crippen LogP contribution in [0.1, 0.15) is 26.7 Å². The van der Waals surface area contributed by atoms with Crippen molar-refractivity contribution in [1.82, 2.24) is 0 Å². The van der Waals surface area contributed by atoms with Crippen molar-refractivity contribution in [3.8, 4) is 0 Å². The molecule has 0 saturated carbocycles. The molecule has 2 N–H and O–H groups in total. The van der Waals surface area contributed by atoms with Gasteiger partial charge in [-0.3, -0.25) is 0 Å². The first-order valence-electron chi connectivity index (χ1n) is 3.05. The monoisotopic (exact) mass is 151 g/mol. The molecule has 0 bridgehead atoms. The summed E-state index contributed by atoms with van der Waals surface area (Å²) in [7, 11) is 0. The van der Waals surface area contributed by atoms with E-state index in [4.69, 9.17) is 20.4 Å². The van der Waals surface area contributed by atoms with Gasteiger partial charge in [-0.25, -0.2) is 0 Å². The quantitative estimate of drug-likeness (QED) is 0.452. The molecule has 0 saturated heterocycles. The zero-order valence-corrected chi connectivity index (χ0v) is 6.15. The zero-order chi connectivity index (χ0) is 8.57. The number of nitrogens with zero attached hydrogens (tertiary/aromatic N) is 1. The fourth-order valence-electron chi connectivity index (χ4n) is 0.289. The van der Waals surface area contributed by atoms with Gasteiger partial charge in [-0.15, -0.1) is 10.1 Å². The molecule has 0 aliphatic carbocycles. The van der Waals surface area contributed by atoms with Crippen molar-refractivity contribution in [1.29, 1.82) is 0 Å². The molecule has 0 aromatic rings. The van der Waals surface area contributed by atoms with E-state index < -0.39 is 5.09 Å². The summed E-state index contributed by atoms with van der Waals surface area (Å²) in [6, 6.07) is 0. The third-order valence-corrected chi connectivity index (χ3v) is 0.942. The van der Waals surface area contributed by atoms with Gasteiger partial charge in [0, 0.05) is 0 Å². The predicted molar refractivity (Wildman–Crippen MR) is 35.4 cm³/mol. The molecule has 0 rings (SSSR count). The van der Waals surface area contributed by atoms with Crippen molar-refractivity contribution in [2.45, 2.75) is 32.8 Å². The maximum absolute atomic E-state index is 8.67. The second-order valence-electron chi connectivity index (χ2n) is 1.71. The van der Waals surface area contributed by atoms with E-state index >= 15 is 0 Å². The van der Waals surface area contributed by atoms with Gasteiger partial charge in [0.05, 0.1) is 6.10 Å². The first kappa shape index (κ1) is 11.9. The highest BCUT2D eigenvalue weighted by atomic mass is 16.9. The van der Waals surface area contributed by atoms with E-state index in [9.17, 15) is 0 Å². The molecule has 0 aromatic heterocycles. The van der Waals surface area contributed by atoms with Crippen LogP contribution in [0.5, 0.6) is 0 Å². The molecule has 0 aliphatic heterocycles. The predicted octanol–water partition coefficient (Wildman–Crippen LogP) is 0.820. The van der Waals surface area contributed by atoms with E-state index in [0.29, 0.717) is 0 Å². The van der Waals surface area contributed by atoms with Gasteiger partial charge in [0.15, 0.2) is 0 Å². The summed E-state index contributed by atoms with van der Waals surface area (Å²) in [4.78, 5) is 8.36. The number of aliphatic hydroxyl groups excluding tert-OH is 1. The van der Waals surface area contributed by atoms with E-state index in [-0.39, 0.29) is 6.10 Å². The van der Waals surface area contributed by atoms with Crippen LogP contribution >= 0.6 is 0 Å². The summed E-state index contributed by atoms with van der Waals surface area (Å²) in [5.74, 6) is 0. The van der Waals surface area contributed by atoms with Gasteiger partial charge in [0.25, 0.3) is 5.09 Å². The van der Waals surface area contributed by atoms with E-state index in [0.717, 1.165) is 12.8 Å². The molecule has 5 heteroatoms. The van der Waals surface area contributed by atoms with Crippen molar-refractivity contribution in [2.75, 3.05) is 0 Å². The van der Waals surface area contributed by atoms with Crippen LogP contribution in [0.2, 0.25) is 0 Å². The third-order valence-electron chi connectivity index (χ3n) is 0.942. The summed E-state index contributed by atoms with van der Waals surface area (Å²) in [6.07, 6.45) is 1.71. The lowest BCUT2D eigenvalue weighted by Crippen LogP contribution is -1.99. The Hall–Kier alpha value is -0.840. The normalized spacial score (nSPS) is 8.40. The van der Waals surface area contributed by atoms with E-state index in [1.165, 1.54) is 0 Å². The Morgan fingerprint density at radius 2 is 1.70 bits per heavy atom. The summed E-state index contributed by atoms with van der Waals surface area (Å²) in [6.45, 7) is 3.96. The van der Waals surface area contributed by atoms with E-state index in [2.05, 4.69) is 0 Å². The van der Waals surface area contributed by atoms with Crippen LogP contribution in [-0.2, 0) is 0 Å². The lowest BCUT2D eigenvalue weighted by Gasteiger charge is -1.98. The number of rotatable bonds is 2. The maximum atomic E-state index is 8.67. The third kappa shape index (κ3) is 27.2. The molecule has 0 aliphatic rings. The fraction of sp³-hybridized carbons (Fsp3) is 1.00. The SMILES string of the molecule is CCC(O)CC.O=[N+]([O-])O. The molecule has 0 unspecified atom stereocenters. The minimum atomic E-state index is -1.50. The average Bonchev–Trinajstić information content (AvgIpc) is 1.85. The highest BCUT2D eigenvalue weighted by molar-refractivity contribution is 4.43. The van der Waals surface area contributed by atoms with Crippen LogP contribution in [0.4, 0.5) is 0 Å². The minimum Gasteiger partial charge on any atom is -0.393 e. The van der Waals surface area contributed by atoms with Crippen LogP contribution < -0.4 is 0 Å². The molecule has 0 spiro atoms. The van der Waals surface area contributed by atoms with Crippen molar-refractivity contribution >= 4 is 0 Å². The van der Waals surface area contributed by atoms with Gasteiger partial charge in [-0.05, 0) is 12.8 Å². The molecule has 0 fully saturated rings. The molecule has 10 heavy (non-hydrogen) atoms. The van der Waals surface area contributed by atoms with Crippen molar-refractivity contribution < 1.29 is 15.4 Å².